The molecule has 2 aromatic rings. The minimum atomic E-state index is -0.334. The van der Waals surface area contributed by atoms with Gasteiger partial charge in [-0.2, -0.15) is 0 Å². The van der Waals surface area contributed by atoms with Crippen molar-refractivity contribution in [1.82, 2.24) is 4.98 Å². The van der Waals surface area contributed by atoms with E-state index < -0.39 is 0 Å². The van der Waals surface area contributed by atoms with Gasteiger partial charge in [-0.05, 0) is 18.6 Å². The predicted octanol–water partition coefficient (Wildman–Crippen LogP) is 2.00. The van der Waals surface area contributed by atoms with E-state index in [1.54, 1.807) is 6.20 Å². The van der Waals surface area contributed by atoms with E-state index in [4.69, 9.17) is 5.73 Å². The number of aromatic nitrogens is 1. The van der Waals surface area contributed by atoms with Crippen molar-refractivity contribution >= 4 is 22.3 Å². The van der Waals surface area contributed by atoms with Gasteiger partial charge < -0.3 is 16.2 Å². The third kappa shape index (κ3) is 2.47. The molecule has 4 N–H and O–H groups in total. The molecule has 1 unspecified atom stereocenters. The van der Waals surface area contributed by atoms with E-state index in [1.165, 1.54) is 0 Å². The average molecular weight is 231 g/mol. The lowest BCUT2D eigenvalue weighted by atomic mass is 10.1. The quantitative estimate of drug-likeness (QED) is 0.704. The fraction of sp³-hybridized carbons (Fsp3) is 0.308. The summed E-state index contributed by atoms with van der Waals surface area (Å²) in [5.41, 5.74) is 8.28. The standard InChI is InChI=1S/C13H17N3O/c1-2-9(17)8-16-12-6-7-15-13-10(12)4-3-5-11(13)14/h3-7,9,17H,2,8,14H2,1H3,(H,15,16). The van der Waals surface area contributed by atoms with E-state index in [9.17, 15) is 5.11 Å². The highest BCUT2D eigenvalue weighted by Gasteiger charge is 2.05. The monoisotopic (exact) mass is 231 g/mol. The van der Waals surface area contributed by atoms with Gasteiger partial charge in [0, 0.05) is 23.8 Å². The Morgan fingerprint density at radius 1 is 1.41 bits per heavy atom. The van der Waals surface area contributed by atoms with Crippen molar-refractivity contribution < 1.29 is 5.11 Å². The van der Waals surface area contributed by atoms with Crippen LogP contribution < -0.4 is 11.1 Å². The number of nitrogens with one attached hydrogen (secondary N) is 1. The van der Waals surface area contributed by atoms with Crippen molar-refractivity contribution in [2.24, 2.45) is 0 Å². The van der Waals surface area contributed by atoms with Crippen LogP contribution in [-0.2, 0) is 0 Å². The highest BCUT2D eigenvalue weighted by molar-refractivity contribution is 5.97. The van der Waals surface area contributed by atoms with Gasteiger partial charge in [-0.3, -0.25) is 4.98 Å². The van der Waals surface area contributed by atoms with Crippen molar-refractivity contribution in [1.29, 1.82) is 0 Å². The molecular formula is C13H17N3O. The van der Waals surface area contributed by atoms with Crippen LogP contribution >= 0.6 is 0 Å². The number of nitrogens with zero attached hydrogens (tertiary/aromatic N) is 1. The molecule has 1 heterocycles. The summed E-state index contributed by atoms with van der Waals surface area (Å²) in [6.45, 7) is 2.49. The zero-order chi connectivity index (χ0) is 12.3. The number of benzene rings is 1. The van der Waals surface area contributed by atoms with Gasteiger partial charge in [0.25, 0.3) is 0 Å². The molecule has 0 amide bonds. The minimum absolute atomic E-state index is 0.334. The molecule has 90 valence electrons. The van der Waals surface area contributed by atoms with E-state index in [1.807, 2.05) is 31.2 Å². The molecule has 0 aliphatic carbocycles. The Hall–Kier alpha value is -1.81. The lowest BCUT2D eigenvalue weighted by molar-refractivity contribution is 0.183. The van der Waals surface area contributed by atoms with E-state index in [0.717, 1.165) is 23.0 Å². The molecule has 0 saturated heterocycles. The smallest absolute Gasteiger partial charge is 0.0951 e. The molecule has 4 heteroatoms. The molecule has 0 aliphatic rings. The van der Waals surface area contributed by atoms with Gasteiger partial charge in [-0.1, -0.05) is 19.1 Å². The molecule has 4 nitrogen and oxygen atoms in total. The van der Waals surface area contributed by atoms with Crippen LogP contribution in [0.15, 0.2) is 30.5 Å². The molecule has 0 radical (unpaired) electrons. The number of nitrogens with two attached hydrogens (primary N) is 1. The number of hydrogen-bond acceptors (Lipinski definition) is 4. The van der Waals surface area contributed by atoms with Crippen molar-refractivity contribution in [2.75, 3.05) is 17.6 Å². The topological polar surface area (TPSA) is 71.2 Å². The number of nitrogen functional groups attached to an aromatic ring is 1. The molecule has 1 atom stereocenters. The second-order valence-corrected chi connectivity index (χ2v) is 4.04. The second kappa shape index (κ2) is 5.01. The van der Waals surface area contributed by atoms with E-state index in [0.29, 0.717) is 12.2 Å². The summed E-state index contributed by atoms with van der Waals surface area (Å²) >= 11 is 0. The Balaban J connectivity index is 2.31. The summed E-state index contributed by atoms with van der Waals surface area (Å²) in [7, 11) is 0. The van der Waals surface area contributed by atoms with Crippen LogP contribution in [0.4, 0.5) is 11.4 Å². The molecule has 2 rings (SSSR count). The van der Waals surface area contributed by atoms with Crippen LogP contribution in [0.3, 0.4) is 0 Å². The third-order valence-electron chi connectivity index (χ3n) is 2.80. The van der Waals surface area contributed by atoms with Crippen molar-refractivity contribution in [3.8, 4) is 0 Å². The SMILES string of the molecule is CCC(O)CNc1ccnc2c(N)cccc12. The second-order valence-electron chi connectivity index (χ2n) is 4.04. The Labute approximate surface area is 100 Å². The highest BCUT2D eigenvalue weighted by Crippen LogP contribution is 2.25. The molecule has 0 aliphatic heterocycles. The summed E-state index contributed by atoms with van der Waals surface area (Å²) < 4.78 is 0. The van der Waals surface area contributed by atoms with Crippen LogP contribution in [0.2, 0.25) is 0 Å². The number of aliphatic hydroxyl groups excluding tert-OH is 1. The van der Waals surface area contributed by atoms with Gasteiger partial charge in [0.15, 0.2) is 0 Å². The number of para-hydroxylation sites is 1. The largest absolute Gasteiger partial charge is 0.397 e. The fourth-order valence-electron chi connectivity index (χ4n) is 1.73. The first-order chi connectivity index (χ1) is 8.22. The number of hydrogen-bond donors (Lipinski definition) is 3. The first kappa shape index (κ1) is 11.7. The summed E-state index contributed by atoms with van der Waals surface area (Å²) in [6, 6.07) is 7.60. The van der Waals surface area contributed by atoms with E-state index in [-0.39, 0.29) is 6.10 Å². The lowest BCUT2D eigenvalue weighted by Gasteiger charge is -2.13. The maximum Gasteiger partial charge on any atom is 0.0951 e. The maximum absolute atomic E-state index is 9.54. The first-order valence-electron chi connectivity index (χ1n) is 5.77. The van der Waals surface area contributed by atoms with Crippen molar-refractivity contribution in [3.05, 3.63) is 30.5 Å². The molecule has 0 fully saturated rings. The lowest BCUT2D eigenvalue weighted by Crippen LogP contribution is -2.18. The molecule has 0 spiro atoms. The fourth-order valence-corrected chi connectivity index (χ4v) is 1.73. The maximum atomic E-state index is 9.54. The zero-order valence-electron chi connectivity index (χ0n) is 9.85. The Kier molecular flexibility index (Phi) is 3.44. The first-order valence-corrected chi connectivity index (χ1v) is 5.77. The van der Waals surface area contributed by atoms with Gasteiger partial charge in [0.2, 0.25) is 0 Å². The van der Waals surface area contributed by atoms with Gasteiger partial charge in [-0.15, -0.1) is 0 Å². The number of pyridine rings is 1. The average Bonchev–Trinajstić information content (AvgIpc) is 2.36. The van der Waals surface area contributed by atoms with Gasteiger partial charge in [0.1, 0.15) is 0 Å². The summed E-state index contributed by atoms with van der Waals surface area (Å²) in [5.74, 6) is 0. The zero-order valence-corrected chi connectivity index (χ0v) is 9.85. The van der Waals surface area contributed by atoms with Gasteiger partial charge in [-0.25, -0.2) is 0 Å². The molecule has 0 saturated carbocycles. The Bertz CT molecular complexity index is 513. The predicted molar refractivity (Wildman–Crippen MR) is 70.9 cm³/mol. The number of fused-ring (bicyclic) bond motifs is 1. The number of aliphatic hydroxyl groups is 1. The van der Waals surface area contributed by atoms with Crippen LogP contribution in [-0.4, -0.2) is 22.7 Å². The van der Waals surface area contributed by atoms with Crippen molar-refractivity contribution in [2.45, 2.75) is 19.4 Å². The van der Waals surface area contributed by atoms with Crippen LogP contribution in [0.5, 0.6) is 0 Å². The third-order valence-corrected chi connectivity index (χ3v) is 2.80. The van der Waals surface area contributed by atoms with E-state index >= 15 is 0 Å². The Morgan fingerprint density at radius 3 is 3.00 bits per heavy atom. The van der Waals surface area contributed by atoms with Gasteiger partial charge in [0.05, 0.1) is 17.3 Å². The summed E-state index contributed by atoms with van der Waals surface area (Å²) in [4.78, 5) is 4.26. The molecule has 17 heavy (non-hydrogen) atoms. The number of rotatable bonds is 4. The highest BCUT2D eigenvalue weighted by atomic mass is 16.3. The van der Waals surface area contributed by atoms with Gasteiger partial charge >= 0.3 is 0 Å². The Morgan fingerprint density at radius 2 is 2.24 bits per heavy atom. The van der Waals surface area contributed by atoms with E-state index in [2.05, 4.69) is 10.3 Å². The van der Waals surface area contributed by atoms with Crippen molar-refractivity contribution in [3.63, 3.8) is 0 Å². The normalized spacial score (nSPS) is 12.6. The van der Waals surface area contributed by atoms with Crippen LogP contribution in [0.1, 0.15) is 13.3 Å². The summed E-state index contributed by atoms with van der Waals surface area (Å²) in [5, 5.41) is 13.7. The minimum Gasteiger partial charge on any atom is -0.397 e. The molecule has 1 aromatic carbocycles. The number of anilines is 2. The summed E-state index contributed by atoms with van der Waals surface area (Å²) in [6.07, 6.45) is 2.12. The molecular weight excluding hydrogens is 214 g/mol. The van der Waals surface area contributed by atoms with Crippen LogP contribution in [0.25, 0.3) is 10.9 Å². The molecule has 0 bridgehead atoms. The molecule has 1 aromatic heterocycles. The van der Waals surface area contributed by atoms with Crippen LogP contribution in [0, 0.1) is 0 Å².